The Labute approximate surface area is 201 Å². The molecule has 3 aliphatic carbocycles. The molecule has 190 valence electrons. The third-order valence-corrected chi connectivity index (χ3v) is 8.91. The molecule has 0 bridgehead atoms. The predicted molar refractivity (Wildman–Crippen MR) is 126 cm³/mol. The molecule has 0 unspecified atom stereocenters. The lowest BCUT2D eigenvalue weighted by Gasteiger charge is -2.32. The molecule has 1 N–H and O–H groups in total. The first-order chi connectivity index (χ1) is 16.2. The molecule has 1 aromatic carbocycles. The zero-order chi connectivity index (χ0) is 24.3. The third-order valence-electron chi connectivity index (χ3n) is 8.09. The molecule has 5 nitrogen and oxygen atoms in total. The lowest BCUT2D eigenvalue weighted by Crippen LogP contribution is -2.41. The molecule has 3 saturated carbocycles. The summed E-state index contributed by atoms with van der Waals surface area (Å²) < 4.78 is 65.1. The fraction of sp³-hybridized carbons (Fsp3) is 0.731. The third kappa shape index (κ3) is 5.48. The van der Waals surface area contributed by atoms with Crippen LogP contribution in [0.25, 0.3) is 0 Å². The van der Waals surface area contributed by atoms with Crippen LogP contribution in [-0.2, 0) is 14.9 Å². The Morgan fingerprint density at radius 1 is 0.765 bits per heavy atom. The maximum absolute atomic E-state index is 14.2. The molecule has 1 aromatic rings. The number of benzene rings is 1. The van der Waals surface area contributed by atoms with E-state index in [0.29, 0.717) is 5.92 Å². The quantitative estimate of drug-likeness (QED) is 0.254. The summed E-state index contributed by atoms with van der Waals surface area (Å²) in [6.07, 6.45) is 15.6. The minimum absolute atomic E-state index is 0.0850. The lowest BCUT2D eigenvalue weighted by molar-refractivity contribution is -0.151. The Morgan fingerprint density at radius 2 is 1.15 bits per heavy atom. The molecule has 34 heavy (non-hydrogen) atoms. The zero-order valence-corrected chi connectivity index (χ0v) is 20.6. The average molecular weight is 499 g/mol. The molecule has 0 atom stereocenters. The van der Waals surface area contributed by atoms with Crippen molar-refractivity contribution in [3.8, 4) is 5.75 Å². The van der Waals surface area contributed by atoms with Gasteiger partial charge >= 0.3 is 21.3 Å². The van der Waals surface area contributed by atoms with Gasteiger partial charge in [-0.3, -0.25) is 4.55 Å². The topological polar surface area (TPSA) is 80.7 Å². The molecule has 3 aliphatic rings. The van der Waals surface area contributed by atoms with E-state index in [-0.39, 0.29) is 17.6 Å². The molecule has 0 radical (unpaired) electrons. The molecular formula is C26H36F2O5S. The highest BCUT2D eigenvalue weighted by molar-refractivity contribution is 7.87. The molecular weight excluding hydrogens is 462 g/mol. The van der Waals surface area contributed by atoms with Crippen LogP contribution in [0.1, 0.15) is 131 Å². The van der Waals surface area contributed by atoms with E-state index in [1.54, 1.807) is 0 Å². The highest BCUT2D eigenvalue weighted by Gasteiger charge is 2.55. The zero-order valence-electron chi connectivity index (χ0n) is 19.7. The van der Waals surface area contributed by atoms with Gasteiger partial charge in [-0.15, -0.1) is 0 Å². The smallest absolute Gasteiger partial charge is 0.421 e. The predicted octanol–water partition coefficient (Wildman–Crippen LogP) is 7.22. The van der Waals surface area contributed by atoms with E-state index in [4.69, 9.17) is 9.29 Å². The normalized spacial score (nSPS) is 22.0. The van der Waals surface area contributed by atoms with Crippen LogP contribution in [0, 0.1) is 0 Å². The fourth-order valence-electron chi connectivity index (χ4n) is 6.18. The van der Waals surface area contributed by atoms with Gasteiger partial charge in [0.15, 0.2) is 0 Å². The van der Waals surface area contributed by atoms with E-state index in [2.05, 4.69) is 0 Å². The number of carbonyl (C=O) groups is 1. The van der Waals surface area contributed by atoms with Gasteiger partial charge in [-0.2, -0.15) is 17.2 Å². The van der Waals surface area contributed by atoms with Gasteiger partial charge in [-0.25, -0.2) is 4.79 Å². The number of esters is 1. The first-order valence-corrected chi connectivity index (χ1v) is 14.4. The van der Waals surface area contributed by atoms with Crippen molar-refractivity contribution < 1.29 is 31.3 Å². The summed E-state index contributed by atoms with van der Waals surface area (Å²) >= 11 is 0. The maximum atomic E-state index is 14.2. The first kappa shape index (κ1) is 25.5. The van der Waals surface area contributed by atoms with E-state index in [1.807, 2.05) is 12.1 Å². The van der Waals surface area contributed by atoms with Crippen molar-refractivity contribution in [2.45, 2.75) is 119 Å². The molecule has 0 saturated heterocycles. The van der Waals surface area contributed by atoms with Crippen molar-refractivity contribution in [1.29, 1.82) is 0 Å². The molecule has 4 rings (SSSR count). The van der Waals surface area contributed by atoms with Crippen LogP contribution in [-0.4, -0.2) is 24.2 Å². The summed E-state index contributed by atoms with van der Waals surface area (Å²) in [5.74, 6) is -1.53. The van der Waals surface area contributed by atoms with Crippen LogP contribution in [0.15, 0.2) is 12.1 Å². The van der Waals surface area contributed by atoms with Crippen molar-refractivity contribution in [3.05, 3.63) is 28.8 Å². The van der Waals surface area contributed by atoms with Crippen molar-refractivity contribution in [3.63, 3.8) is 0 Å². The Kier molecular flexibility index (Phi) is 7.97. The van der Waals surface area contributed by atoms with Gasteiger partial charge in [0, 0.05) is 0 Å². The standard InChI is InChI=1S/C26H36F2O5S/c27-26(28,34(30,31)32)25(29)33-24-22(19-12-6-2-7-13-19)16-21(18-10-4-1-5-11-18)17-23(24)20-14-8-3-9-15-20/h16-20H,1-15H2,(H,30,31,32). The van der Waals surface area contributed by atoms with Crippen LogP contribution in [0.3, 0.4) is 0 Å². The van der Waals surface area contributed by atoms with Crippen LogP contribution in [0.5, 0.6) is 5.75 Å². The highest BCUT2D eigenvalue weighted by atomic mass is 32.2. The van der Waals surface area contributed by atoms with Crippen molar-refractivity contribution in [2.75, 3.05) is 0 Å². The maximum Gasteiger partial charge on any atom is 0.466 e. The molecule has 0 heterocycles. The van der Waals surface area contributed by atoms with E-state index >= 15 is 0 Å². The Bertz CT molecular complexity index is 934. The van der Waals surface area contributed by atoms with Crippen molar-refractivity contribution >= 4 is 16.1 Å². The first-order valence-electron chi connectivity index (χ1n) is 12.9. The molecule has 0 aromatic heterocycles. The minimum Gasteiger partial charge on any atom is -0.421 e. The molecule has 0 aliphatic heterocycles. The molecule has 3 fully saturated rings. The van der Waals surface area contributed by atoms with E-state index in [1.165, 1.54) is 24.8 Å². The molecule has 8 heteroatoms. The monoisotopic (exact) mass is 498 g/mol. The Morgan fingerprint density at radius 3 is 1.53 bits per heavy atom. The summed E-state index contributed by atoms with van der Waals surface area (Å²) in [7, 11) is -5.93. The van der Waals surface area contributed by atoms with Crippen LogP contribution in [0.4, 0.5) is 8.78 Å². The number of hydrogen-bond donors (Lipinski definition) is 1. The van der Waals surface area contributed by atoms with Crippen molar-refractivity contribution in [1.82, 2.24) is 0 Å². The summed E-state index contributed by atoms with van der Waals surface area (Å²) in [6.45, 7) is 0. The van der Waals surface area contributed by atoms with E-state index < -0.39 is 21.3 Å². The van der Waals surface area contributed by atoms with E-state index in [0.717, 1.165) is 88.2 Å². The highest BCUT2D eigenvalue weighted by Crippen LogP contribution is 2.47. The van der Waals surface area contributed by atoms with Gasteiger partial charge in [0.25, 0.3) is 0 Å². The number of rotatable bonds is 6. The number of ether oxygens (including phenoxy) is 1. The van der Waals surface area contributed by atoms with E-state index in [9.17, 15) is 22.0 Å². The van der Waals surface area contributed by atoms with Gasteiger partial charge in [0.05, 0.1) is 0 Å². The van der Waals surface area contributed by atoms with Crippen LogP contribution in [0.2, 0.25) is 0 Å². The van der Waals surface area contributed by atoms with Gasteiger partial charge in [-0.1, -0.05) is 69.9 Å². The second kappa shape index (κ2) is 10.6. The van der Waals surface area contributed by atoms with Crippen LogP contribution >= 0.6 is 0 Å². The SMILES string of the molecule is O=C(Oc1c(C2CCCCC2)cc(C2CCCCC2)cc1C1CCCCC1)C(F)(F)S(=O)(=O)O. The Hall–Kier alpha value is -1.54. The van der Waals surface area contributed by atoms with Gasteiger partial charge in [-0.05, 0) is 73.0 Å². The van der Waals surface area contributed by atoms with Gasteiger partial charge < -0.3 is 4.74 Å². The summed E-state index contributed by atoms with van der Waals surface area (Å²) in [5, 5.41) is -5.01. The fourth-order valence-corrected chi connectivity index (χ4v) is 6.43. The largest absolute Gasteiger partial charge is 0.466 e. The summed E-state index contributed by atoms with van der Waals surface area (Å²) in [4.78, 5) is 12.4. The Balaban J connectivity index is 1.82. The number of halogens is 2. The number of carbonyl (C=O) groups excluding carboxylic acids is 1. The van der Waals surface area contributed by atoms with Gasteiger partial charge in [0.1, 0.15) is 5.75 Å². The minimum atomic E-state index is -5.93. The average Bonchev–Trinajstić information content (AvgIpc) is 2.85. The molecule has 0 amide bonds. The molecule has 0 spiro atoms. The number of hydrogen-bond acceptors (Lipinski definition) is 4. The number of alkyl halides is 2. The lowest BCUT2D eigenvalue weighted by atomic mass is 9.75. The van der Waals surface area contributed by atoms with Crippen LogP contribution < -0.4 is 4.74 Å². The summed E-state index contributed by atoms with van der Waals surface area (Å²) in [5.41, 5.74) is 2.73. The second-order valence-corrected chi connectivity index (χ2v) is 11.9. The second-order valence-electron chi connectivity index (χ2n) is 10.4. The van der Waals surface area contributed by atoms with Gasteiger partial charge in [0.2, 0.25) is 0 Å². The summed E-state index contributed by atoms with van der Waals surface area (Å²) in [6, 6.07) is 4.10. The van der Waals surface area contributed by atoms with Crippen molar-refractivity contribution in [2.24, 2.45) is 0 Å².